The molecule has 548 valence electrons. The Labute approximate surface area is 686 Å². The lowest BCUT2D eigenvalue weighted by molar-refractivity contribution is 0.669. The zero-order chi connectivity index (χ0) is 77.3. The fourth-order valence-corrected chi connectivity index (χ4v) is 21.9. The van der Waals surface area contributed by atoms with Crippen molar-refractivity contribution in [2.45, 2.75) is 6.92 Å². The first-order valence-corrected chi connectivity index (χ1v) is 42.0. The molecule has 0 spiro atoms. The Morgan fingerprint density at radius 1 is 0.316 bits per heavy atom. The molecule has 5 nitrogen and oxygen atoms in total. The van der Waals surface area contributed by atoms with Gasteiger partial charge >= 0.3 is 0 Å². The minimum absolute atomic E-state index is 0.771. The molecule has 0 N–H and O–H groups in total. The van der Waals surface area contributed by atoms with Crippen molar-refractivity contribution < 1.29 is 4.42 Å². The number of benzene rings is 17. The lowest BCUT2D eigenvalue weighted by atomic mass is 9.93. The summed E-state index contributed by atoms with van der Waals surface area (Å²) in [5, 5.41) is 14.5. The van der Waals surface area contributed by atoms with Crippen LogP contribution in [0.5, 0.6) is 0 Å². The highest BCUT2D eigenvalue weighted by molar-refractivity contribution is 7.27. The van der Waals surface area contributed by atoms with E-state index in [9.17, 15) is 0 Å². The first kappa shape index (κ1) is 68.1. The number of rotatable bonds is 14. The van der Waals surface area contributed by atoms with Crippen molar-refractivity contribution in [3.63, 3.8) is 0 Å². The van der Waals surface area contributed by atoms with Gasteiger partial charge in [0.15, 0.2) is 0 Å². The zero-order valence-corrected chi connectivity index (χ0v) is 65.9. The number of terminal acetylenes is 1. The van der Waals surface area contributed by atoms with Gasteiger partial charge in [-0.15, -0.1) is 40.4 Å². The predicted molar refractivity (Wildman–Crippen MR) is 503 cm³/mol. The van der Waals surface area contributed by atoms with Gasteiger partial charge in [-0.2, -0.15) is 0 Å². The molecule has 8 heteroatoms. The van der Waals surface area contributed by atoms with E-state index in [2.05, 4.69) is 408 Å². The van der Waals surface area contributed by atoms with E-state index in [1.807, 2.05) is 46.1 Å². The van der Waals surface area contributed by atoms with Gasteiger partial charge in [0.1, 0.15) is 11.2 Å². The first-order chi connectivity index (χ1) is 57.9. The minimum Gasteiger partial charge on any atom is -0.456 e. The minimum atomic E-state index is 0.771. The molecule has 6 heterocycles. The molecule has 0 saturated carbocycles. The summed E-state index contributed by atoms with van der Waals surface area (Å²) in [6.45, 7) is 2.18. The van der Waals surface area contributed by atoms with Gasteiger partial charge < -0.3 is 23.4 Å². The van der Waals surface area contributed by atoms with E-state index in [4.69, 9.17) is 10.8 Å². The van der Waals surface area contributed by atoms with Gasteiger partial charge in [-0.05, 0) is 179 Å². The maximum Gasteiger partial charge on any atom is 0.137 e. The second-order valence-electron chi connectivity index (χ2n) is 30.1. The van der Waals surface area contributed by atoms with Gasteiger partial charge in [0, 0.05) is 123 Å². The predicted octanol–water partition coefficient (Wildman–Crippen LogP) is 31.8. The third-order valence-electron chi connectivity index (χ3n) is 23.6. The summed E-state index contributed by atoms with van der Waals surface area (Å²) in [5.74, 6) is 3.16. The van der Waals surface area contributed by atoms with Crippen LogP contribution in [-0.4, -0.2) is 9.13 Å². The van der Waals surface area contributed by atoms with E-state index in [1.165, 1.54) is 93.4 Å². The van der Waals surface area contributed by atoms with Crippen LogP contribution in [0.2, 0.25) is 0 Å². The standard InChI is InChI=1S/C109H68N4OS3/c1-3-69(75-27-4-6-29-77(75)79-31-8-16-41-92(79)112-94-43-18-10-33-81(94)82-34-11-19-44-95(82)112)54-53-68(2)110(74-61-62-85-84-36-13-21-49-101(84)114-102(85)67-74)99-47-25-40-88-91-66-72(58-64-105(91)117-109(88)99)71-57-63-97-90(65-71)83-35-12-20-45-96(83)113(97)93-42-17-9-32-80(93)78-30-7-5-28-76(78)70-55-59-73(60-56-70)111(98-46-26-52-106-107(98)89-38-15-23-51-104(89)115-106)100-48-24-39-87-86-37-14-22-50-103(86)116-108(87)100/h1,4-67H,2H3/b68-53+,69-54+. The molecule has 17 aromatic carbocycles. The second kappa shape index (κ2) is 27.6. The van der Waals surface area contributed by atoms with Crippen LogP contribution < -0.4 is 9.80 Å². The van der Waals surface area contributed by atoms with Crippen LogP contribution in [0.3, 0.4) is 0 Å². The third kappa shape index (κ3) is 11.0. The number of allylic oxidation sites excluding steroid dienone is 4. The Morgan fingerprint density at radius 2 is 0.786 bits per heavy atom. The summed E-state index contributed by atoms with van der Waals surface area (Å²) in [7, 11) is 0. The Hall–Kier alpha value is -14.6. The highest BCUT2D eigenvalue weighted by Crippen LogP contribution is 2.52. The van der Waals surface area contributed by atoms with Crippen molar-refractivity contribution in [3.8, 4) is 68.2 Å². The van der Waals surface area contributed by atoms with Gasteiger partial charge in [0.25, 0.3) is 0 Å². The molecular formula is C109H68N4OS3. The lowest BCUT2D eigenvalue weighted by Crippen LogP contribution is -2.14. The number of thiophene rings is 3. The van der Waals surface area contributed by atoms with Crippen molar-refractivity contribution in [2.24, 2.45) is 0 Å². The summed E-state index contributed by atoms with van der Waals surface area (Å²) in [4.78, 5) is 4.87. The molecule has 0 aliphatic carbocycles. The number of anilines is 5. The monoisotopic (exact) mass is 1540 g/mol. The average molecular weight is 1550 g/mol. The Kier molecular flexibility index (Phi) is 16.1. The zero-order valence-electron chi connectivity index (χ0n) is 63.4. The number of para-hydroxylation sites is 6. The molecule has 23 aromatic rings. The maximum absolute atomic E-state index is 6.70. The molecule has 0 aliphatic rings. The van der Waals surface area contributed by atoms with Gasteiger partial charge in [0.2, 0.25) is 0 Å². The van der Waals surface area contributed by atoms with Crippen LogP contribution in [0.4, 0.5) is 28.4 Å². The molecule has 0 atom stereocenters. The van der Waals surface area contributed by atoms with Gasteiger partial charge in [-0.25, -0.2) is 0 Å². The molecule has 0 aliphatic heterocycles. The van der Waals surface area contributed by atoms with E-state index in [-0.39, 0.29) is 0 Å². The van der Waals surface area contributed by atoms with Crippen LogP contribution in [0, 0.1) is 12.3 Å². The molecule has 6 aromatic heterocycles. The maximum atomic E-state index is 6.70. The highest BCUT2D eigenvalue weighted by atomic mass is 32.1. The summed E-state index contributed by atoms with van der Waals surface area (Å²) in [5.41, 5.74) is 25.7. The molecule has 117 heavy (non-hydrogen) atoms. The topological polar surface area (TPSA) is 29.5 Å². The number of fused-ring (bicyclic) bond motifs is 18. The van der Waals surface area contributed by atoms with Crippen LogP contribution >= 0.6 is 34.0 Å². The molecule has 0 bridgehead atoms. The largest absolute Gasteiger partial charge is 0.456 e. The lowest BCUT2D eigenvalue weighted by Gasteiger charge is -2.27. The normalized spacial score (nSPS) is 12.2. The molecule has 0 fully saturated rings. The highest BCUT2D eigenvalue weighted by Gasteiger charge is 2.27. The summed E-state index contributed by atoms with van der Waals surface area (Å²) in [6.07, 6.45) is 11.0. The van der Waals surface area contributed by atoms with E-state index in [0.29, 0.717) is 0 Å². The number of nitrogens with zero attached hydrogens (tertiary/aromatic N) is 4. The van der Waals surface area contributed by atoms with Gasteiger partial charge in [-0.1, -0.05) is 255 Å². The van der Waals surface area contributed by atoms with Crippen LogP contribution in [0.15, 0.2) is 398 Å². The summed E-state index contributed by atoms with van der Waals surface area (Å²) in [6, 6.07) is 138. The second-order valence-corrected chi connectivity index (χ2v) is 33.3. The average Bonchev–Trinajstić information content (AvgIpc) is 1.60. The molecule has 0 unspecified atom stereocenters. The molecule has 23 rings (SSSR count). The fraction of sp³-hybridized carbons (Fsp3) is 0.00917. The van der Waals surface area contributed by atoms with Crippen molar-refractivity contribution in [1.82, 2.24) is 9.13 Å². The van der Waals surface area contributed by atoms with Crippen LogP contribution in [0.1, 0.15) is 12.5 Å². The summed E-state index contributed by atoms with van der Waals surface area (Å²) >= 11 is 5.56. The van der Waals surface area contributed by atoms with E-state index in [0.717, 1.165) is 134 Å². The SMILES string of the molecule is C#C/C(=C\C=C(/C)N(c1ccc2c(c1)oc1ccccc12)c1cccc2c1sc1ccc(-c3ccc4c(c3)c3ccccc3n4-c3ccccc3-c3ccccc3-c3ccc(N(c4cccc5c4sc4ccccc45)c4cccc5sc6ccccc6c45)cc3)cc12)c1ccccc1-c1ccccc1-n1c2ccccc2c2ccccc21. The number of furan rings is 1. The quantitative estimate of drug-likeness (QED) is 0.0803. The Morgan fingerprint density at radius 3 is 1.50 bits per heavy atom. The molecule has 0 amide bonds. The van der Waals surface area contributed by atoms with Crippen molar-refractivity contribution in [1.29, 1.82) is 0 Å². The summed E-state index contributed by atoms with van der Waals surface area (Å²) < 4.78 is 19.0. The van der Waals surface area contributed by atoms with Crippen LogP contribution in [0.25, 0.3) is 188 Å². The molecule has 0 radical (unpaired) electrons. The van der Waals surface area contributed by atoms with Crippen molar-refractivity contribution in [2.75, 3.05) is 9.80 Å². The molecular weight excluding hydrogens is 1480 g/mol. The van der Waals surface area contributed by atoms with E-state index in [1.54, 1.807) is 0 Å². The van der Waals surface area contributed by atoms with Gasteiger partial charge in [-0.3, -0.25) is 0 Å². The Bertz CT molecular complexity index is 8090. The van der Waals surface area contributed by atoms with E-state index < -0.39 is 0 Å². The fourth-order valence-electron chi connectivity index (χ4n) is 18.4. The van der Waals surface area contributed by atoms with Crippen molar-refractivity contribution >= 4 is 194 Å². The first-order valence-electron chi connectivity index (χ1n) is 39.6. The number of hydrogen-bond acceptors (Lipinski definition) is 6. The van der Waals surface area contributed by atoms with Crippen molar-refractivity contribution in [3.05, 3.63) is 400 Å². The van der Waals surface area contributed by atoms with Gasteiger partial charge in [0.05, 0.1) is 59.9 Å². The van der Waals surface area contributed by atoms with E-state index >= 15 is 0 Å². The third-order valence-corrected chi connectivity index (χ3v) is 27.2. The Balaban J connectivity index is 0.606. The van der Waals surface area contributed by atoms with Crippen LogP contribution in [-0.2, 0) is 0 Å². The smallest absolute Gasteiger partial charge is 0.137 e. The number of aromatic nitrogens is 2. The molecule has 0 saturated heterocycles. The number of hydrogen-bond donors (Lipinski definition) is 0.